The SMILES string of the molecule is COCCNCC(=O)NCCNS(=O)(=O)c1ccccc1[N+](=O)[O-]. The average molecular weight is 360 g/mol. The van der Waals surface area contributed by atoms with Crippen LogP contribution in [0.4, 0.5) is 5.69 Å². The molecule has 24 heavy (non-hydrogen) atoms. The van der Waals surface area contributed by atoms with E-state index in [4.69, 9.17) is 4.74 Å². The van der Waals surface area contributed by atoms with E-state index in [2.05, 4.69) is 15.4 Å². The summed E-state index contributed by atoms with van der Waals surface area (Å²) in [7, 11) is -2.49. The van der Waals surface area contributed by atoms with E-state index >= 15 is 0 Å². The lowest BCUT2D eigenvalue weighted by atomic mass is 10.3. The van der Waals surface area contributed by atoms with Crippen molar-refractivity contribution in [3.8, 4) is 0 Å². The minimum Gasteiger partial charge on any atom is -0.383 e. The second-order valence-electron chi connectivity index (χ2n) is 4.64. The highest BCUT2D eigenvalue weighted by Gasteiger charge is 2.24. The molecule has 0 bridgehead atoms. The first-order valence-electron chi connectivity index (χ1n) is 7.08. The number of benzene rings is 1. The quantitative estimate of drug-likeness (QED) is 0.267. The molecule has 0 radical (unpaired) electrons. The summed E-state index contributed by atoms with van der Waals surface area (Å²) in [6.45, 7) is 1.06. The number of sulfonamides is 1. The topological polar surface area (TPSA) is 140 Å². The number of methoxy groups -OCH3 is 1. The number of nitro groups is 1. The Bertz CT molecular complexity index is 664. The van der Waals surface area contributed by atoms with Crippen molar-refractivity contribution in [3.05, 3.63) is 34.4 Å². The molecule has 10 nitrogen and oxygen atoms in total. The van der Waals surface area contributed by atoms with Crippen LogP contribution in [-0.2, 0) is 19.6 Å². The van der Waals surface area contributed by atoms with Gasteiger partial charge < -0.3 is 15.4 Å². The Morgan fingerprint density at radius 3 is 2.62 bits per heavy atom. The van der Waals surface area contributed by atoms with Crippen LogP contribution < -0.4 is 15.4 Å². The first-order chi connectivity index (χ1) is 11.4. The standard InChI is InChI=1S/C13H20N4O6S/c1-23-9-8-14-10-13(18)15-6-7-16-24(21,22)12-5-3-2-4-11(12)17(19)20/h2-5,14,16H,6-10H2,1H3,(H,15,18). The van der Waals surface area contributed by atoms with E-state index < -0.39 is 25.5 Å². The Morgan fingerprint density at radius 2 is 1.96 bits per heavy atom. The van der Waals surface area contributed by atoms with Gasteiger partial charge in [-0.25, -0.2) is 13.1 Å². The van der Waals surface area contributed by atoms with Gasteiger partial charge >= 0.3 is 0 Å². The minimum absolute atomic E-state index is 0.0602. The summed E-state index contributed by atoms with van der Waals surface area (Å²) in [5, 5.41) is 16.2. The van der Waals surface area contributed by atoms with Crippen molar-refractivity contribution in [2.45, 2.75) is 4.90 Å². The number of carbonyl (C=O) groups is 1. The molecule has 11 heteroatoms. The molecule has 1 rings (SSSR count). The van der Waals surface area contributed by atoms with E-state index in [1.807, 2.05) is 0 Å². The van der Waals surface area contributed by atoms with Crippen LogP contribution >= 0.6 is 0 Å². The van der Waals surface area contributed by atoms with Crippen LogP contribution in [0.5, 0.6) is 0 Å². The number of hydrogen-bond acceptors (Lipinski definition) is 7. The molecule has 1 aromatic carbocycles. The Balaban J connectivity index is 2.44. The Labute approximate surface area is 139 Å². The zero-order valence-corrected chi connectivity index (χ0v) is 14.0. The average Bonchev–Trinajstić information content (AvgIpc) is 2.55. The van der Waals surface area contributed by atoms with Crippen molar-refractivity contribution < 1.29 is 22.9 Å². The van der Waals surface area contributed by atoms with Gasteiger partial charge in [0.1, 0.15) is 0 Å². The van der Waals surface area contributed by atoms with Crippen molar-refractivity contribution in [3.63, 3.8) is 0 Å². The fourth-order valence-electron chi connectivity index (χ4n) is 1.74. The van der Waals surface area contributed by atoms with E-state index in [1.54, 1.807) is 7.11 Å². The number of hydrogen-bond donors (Lipinski definition) is 3. The first-order valence-corrected chi connectivity index (χ1v) is 8.56. The molecule has 0 aliphatic carbocycles. The molecular weight excluding hydrogens is 340 g/mol. The van der Waals surface area contributed by atoms with E-state index in [0.29, 0.717) is 13.2 Å². The smallest absolute Gasteiger partial charge is 0.289 e. The van der Waals surface area contributed by atoms with Gasteiger partial charge in [0.2, 0.25) is 15.9 Å². The van der Waals surface area contributed by atoms with Crippen molar-refractivity contribution in [1.29, 1.82) is 0 Å². The third kappa shape index (κ3) is 6.58. The molecule has 0 spiro atoms. The second-order valence-corrected chi connectivity index (χ2v) is 6.38. The fraction of sp³-hybridized carbons (Fsp3) is 0.462. The molecular formula is C13H20N4O6S. The summed E-state index contributed by atoms with van der Waals surface area (Å²) >= 11 is 0. The number of para-hydroxylation sites is 1. The predicted octanol–water partition coefficient (Wildman–Crippen LogP) is -0.775. The number of rotatable bonds is 11. The number of ether oxygens (including phenoxy) is 1. The lowest BCUT2D eigenvalue weighted by Crippen LogP contribution is -2.39. The van der Waals surface area contributed by atoms with E-state index in [0.717, 1.165) is 12.1 Å². The molecule has 0 aliphatic rings. The molecule has 0 saturated heterocycles. The van der Waals surface area contributed by atoms with Gasteiger partial charge in [-0.05, 0) is 6.07 Å². The third-order valence-electron chi connectivity index (χ3n) is 2.86. The van der Waals surface area contributed by atoms with E-state index in [9.17, 15) is 23.3 Å². The van der Waals surface area contributed by atoms with Gasteiger partial charge in [0.15, 0.2) is 4.90 Å². The minimum atomic E-state index is -4.03. The van der Waals surface area contributed by atoms with Crippen LogP contribution in [0.1, 0.15) is 0 Å². The Hall–Kier alpha value is -2.08. The molecule has 0 unspecified atom stereocenters. The van der Waals surface area contributed by atoms with Gasteiger partial charge in [-0.15, -0.1) is 0 Å². The van der Waals surface area contributed by atoms with Crippen LogP contribution in [0, 0.1) is 10.1 Å². The molecule has 0 saturated carbocycles. The highest BCUT2D eigenvalue weighted by Crippen LogP contribution is 2.22. The summed E-state index contributed by atoms with van der Waals surface area (Å²) in [5.41, 5.74) is -0.503. The lowest BCUT2D eigenvalue weighted by Gasteiger charge is -2.09. The number of nitro benzene ring substituents is 1. The zero-order chi connectivity index (χ0) is 18.0. The number of nitrogens with zero attached hydrogens (tertiary/aromatic N) is 1. The summed E-state index contributed by atoms with van der Waals surface area (Å²) < 4.78 is 31.2. The Morgan fingerprint density at radius 1 is 1.25 bits per heavy atom. The summed E-state index contributed by atoms with van der Waals surface area (Å²) in [6, 6.07) is 5.05. The maximum Gasteiger partial charge on any atom is 0.289 e. The molecule has 0 atom stereocenters. The second kappa shape index (κ2) is 9.93. The number of amides is 1. The van der Waals surface area contributed by atoms with Crippen molar-refractivity contribution >= 4 is 21.6 Å². The van der Waals surface area contributed by atoms with Gasteiger partial charge in [-0.3, -0.25) is 14.9 Å². The molecule has 134 valence electrons. The maximum absolute atomic E-state index is 12.1. The molecule has 0 heterocycles. The number of nitrogens with one attached hydrogen (secondary N) is 3. The first kappa shape index (κ1) is 20.0. The fourth-order valence-corrected chi connectivity index (χ4v) is 2.94. The molecule has 0 fully saturated rings. The van der Waals surface area contributed by atoms with Gasteiger partial charge in [0, 0.05) is 32.8 Å². The molecule has 1 aromatic rings. The summed E-state index contributed by atoms with van der Waals surface area (Å²) in [4.78, 5) is 21.2. The van der Waals surface area contributed by atoms with Crippen LogP contribution in [0.3, 0.4) is 0 Å². The maximum atomic E-state index is 12.1. The summed E-state index contributed by atoms with van der Waals surface area (Å²) in [6.07, 6.45) is 0. The van der Waals surface area contributed by atoms with Crippen LogP contribution in [0.15, 0.2) is 29.2 Å². The van der Waals surface area contributed by atoms with Crippen molar-refractivity contribution in [2.75, 3.05) is 39.9 Å². The molecule has 0 aromatic heterocycles. The zero-order valence-electron chi connectivity index (χ0n) is 13.1. The largest absolute Gasteiger partial charge is 0.383 e. The van der Waals surface area contributed by atoms with Crippen LogP contribution in [0.25, 0.3) is 0 Å². The van der Waals surface area contributed by atoms with Crippen molar-refractivity contribution in [2.24, 2.45) is 0 Å². The Kier molecular flexibility index (Phi) is 8.26. The molecule has 1 amide bonds. The van der Waals surface area contributed by atoms with Crippen LogP contribution in [0.2, 0.25) is 0 Å². The van der Waals surface area contributed by atoms with Gasteiger partial charge in [-0.2, -0.15) is 0 Å². The predicted molar refractivity (Wildman–Crippen MR) is 86.0 cm³/mol. The highest BCUT2D eigenvalue weighted by atomic mass is 32.2. The highest BCUT2D eigenvalue weighted by molar-refractivity contribution is 7.89. The lowest BCUT2D eigenvalue weighted by molar-refractivity contribution is -0.387. The molecule has 0 aliphatic heterocycles. The summed E-state index contributed by atoms with van der Waals surface area (Å²) in [5.74, 6) is -0.295. The van der Waals surface area contributed by atoms with Gasteiger partial charge in [0.25, 0.3) is 5.69 Å². The monoisotopic (exact) mass is 360 g/mol. The van der Waals surface area contributed by atoms with E-state index in [-0.39, 0.29) is 25.5 Å². The van der Waals surface area contributed by atoms with E-state index in [1.165, 1.54) is 12.1 Å². The third-order valence-corrected chi connectivity index (χ3v) is 4.37. The van der Waals surface area contributed by atoms with Gasteiger partial charge in [-0.1, -0.05) is 12.1 Å². The molecule has 3 N–H and O–H groups in total. The van der Waals surface area contributed by atoms with Crippen LogP contribution in [-0.4, -0.2) is 59.1 Å². The number of carbonyl (C=O) groups excluding carboxylic acids is 1. The van der Waals surface area contributed by atoms with Crippen molar-refractivity contribution in [1.82, 2.24) is 15.4 Å². The normalized spacial score (nSPS) is 11.2. The van der Waals surface area contributed by atoms with Gasteiger partial charge in [0.05, 0.1) is 18.1 Å².